The van der Waals surface area contributed by atoms with E-state index in [9.17, 15) is 14.7 Å². The smallest absolute Gasteiger partial charge is 0.313 e. The van der Waals surface area contributed by atoms with Crippen LogP contribution in [-0.2, 0) is 16.6 Å². The van der Waals surface area contributed by atoms with Crippen LogP contribution < -0.4 is 5.32 Å². The van der Waals surface area contributed by atoms with Crippen molar-refractivity contribution in [2.45, 2.75) is 19.9 Å². The number of carbonyl (C=O) groups is 2. The first kappa shape index (κ1) is 13.5. The van der Waals surface area contributed by atoms with Gasteiger partial charge < -0.3 is 15.2 Å². The molecule has 104 valence electrons. The van der Waals surface area contributed by atoms with Crippen molar-refractivity contribution >= 4 is 11.9 Å². The third kappa shape index (κ3) is 2.33. The van der Waals surface area contributed by atoms with Crippen LogP contribution in [0, 0.1) is 12.3 Å². The molecule has 1 aromatic heterocycles. The molecule has 7 heteroatoms. The number of rotatable bonds is 3. The zero-order valence-electron chi connectivity index (χ0n) is 11.1. The first-order chi connectivity index (χ1) is 8.84. The zero-order chi connectivity index (χ0) is 14.2. The molecule has 2 heterocycles. The van der Waals surface area contributed by atoms with E-state index < -0.39 is 17.4 Å². The quantitative estimate of drug-likeness (QED) is 0.800. The predicted octanol–water partition coefficient (Wildman–Crippen LogP) is -0.0520. The van der Waals surface area contributed by atoms with Crippen molar-refractivity contribution in [1.29, 1.82) is 0 Å². The fourth-order valence-corrected chi connectivity index (χ4v) is 2.14. The van der Waals surface area contributed by atoms with Gasteiger partial charge in [0.15, 0.2) is 0 Å². The van der Waals surface area contributed by atoms with Gasteiger partial charge in [-0.3, -0.25) is 14.3 Å². The maximum absolute atomic E-state index is 12.1. The van der Waals surface area contributed by atoms with Crippen molar-refractivity contribution in [3.05, 3.63) is 17.5 Å². The van der Waals surface area contributed by atoms with Crippen molar-refractivity contribution in [1.82, 2.24) is 15.1 Å². The van der Waals surface area contributed by atoms with E-state index in [1.165, 1.54) is 0 Å². The van der Waals surface area contributed by atoms with Crippen LogP contribution in [0.1, 0.15) is 23.0 Å². The van der Waals surface area contributed by atoms with Crippen LogP contribution in [0.15, 0.2) is 6.20 Å². The fraction of sp³-hybridized carbons (Fsp3) is 0.583. The number of hydrogen-bond donors (Lipinski definition) is 2. The summed E-state index contributed by atoms with van der Waals surface area (Å²) < 4.78 is 6.74. The molecule has 0 aliphatic carbocycles. The highest BCUT2D eigenvalue weighted by Crippen LogP contribution is 2.29. The molecule has 0 radical (unpaired) electrons. The Kier molecular flexibility index (Phi) is 3.32. The molecule has 2 N–H and O–H groups in total. The lowest BCUT2D eigenvalue weighted by Gasteiger charge is -2.25. The second kappa shape index (κ2) is 4.65. The Bertz CT molecular complexity index is 525. The van der Waals surface area contributed by atoms with Crippen LogP contribution >= 0.6 is 0 Å². The molecule has 2 rings (SSSR count). The highest BCUT2D eigenvalue weighted by Gasteiger charge is 2.47. The second-order valence-corrected chi connectivity index (χ2v) is 5.07. The monoisotopic (exact) mass is 267 g/mol. The Hall–Kier alpha value is -1.89. The minimum atomic E-state index is -1.09. The van der Waals surface area contributed by atoms with E-state index in [0.717, 1.165) is 0 Å². The summed E-state index contributed by atoms with van der Waals surface area (Å²) in [4.78, 5) is 23.4. The normalized spacial score (nSPS) is 26.4. The summed E-state index contributed by atoms with van der Waals surface area (Å²) in [6.07, 6.45) is 1.61. The van der Waals surface area contributed by atoms with E-state index in [4.69, 9.17) is 4.74 Å². The molecule has 1 amide bonds. The highest BCUT2D eigenvalue weighted by molar-refractivity contribution is 5.95. The van der Waals surface area contributed by atoms with Gasteiger partial charge in [0.2, 0.25) is 0 Å². The van der Waals surface area contributed by atoms with Crippen LogP contribution in [0.4, 0.5) is 0 Å². The number of carboxylic acids is 1. The van der Waals surface area contributed by atoms with Gasteiger partial charge in [0.25, 0.3) is 5.91 Å². The Morgan fingerprint density at radius 3 is 2.84 bits per heavy atom. The number of aromatic nitrogens is 2. The number of aliphatic carboxylic acids is 1. The first-order valence-electron chi connectivity index (χ1n) is 5.97. The third-order valence-corrected chi connectivity index (χ3v) is 3.51. The zero-order valence-corrected chi connectivity index (χ0v) is 11.1. The summed E-state index contributed by atoms with van der Waals surface area (Å²) in [7, 11) is 1.73. The predicted molar refractivity (Wildman–Crippen MR) is 65.8 cm³/mol. The summed E-state index contributed by atoms with van der Waals surface area (Å²) in [5, 5.41) is 16.0. The summed E-state index contributed by atoms with van der Waals surface area (Å²) in [5.41, 5.74) is -0.0377. The minimum absolute atomic E-state index is 0.0965. The molecule has 1 aliphatic heterocycles. The maximum atomic E-state index is 12.1. The number of nitrogens with zero attached hydrogens (tertiary/aromatic N) is 2. The maximum Gasteiger partial charge on any atom is 0.313 e. The fourth-order valence-electron chi connectivity index (χ4n) is 2.14. The number of hydrogen-bond acceptors (Lipinski definition) is 4. The number of carbonyl (C=O) groups excluding carboxylic acids is 1. The average molecular weight is 267 g/mol. The van der Waals surface area contributed by atoms with Crippen LogP contribution in [0.5, 0.6) is 0 Å². The van der Waals surface area contributed by atoms with Crippen LogP contribution in [-0.4, -0.2) is 46.0 Å². The molecule has 0 spiro atoms. The topological polar surface area (TPSA) is 93.5 Å². The van der Waals surface area contributed by atoms with E-state index in [1.54, 1.807) is 31.8 Å². The molecule has 0 bridgehead atoms. The summed E-state index contributed by atoms with van der Waals surface area (Å²) in [6.45, 7) is 3.60. The number of aryl methyl sites for hydroxylation is 2. The number of amides is 1. The number of carboxylic acid groups (broad SMARTS) is 1. The molecule has 1 aromatic rings. The standard InChI is InChI=1S/C12H17N3O4/c1-7-8(4-15(3)14-7)10(16)13-9-5-19-6-12(9,2)11(17)18/h4,9H,5-6H2,1-3H3,(H,13,16)(H,17,18). The Labute approximate surface area is 110 Å². The van der Waals surface area contributed by atoms with E-state index in [-0.39, 0.29) is 19.1 Å². The van der Waals surface area contributed by atoms with Crippen molar-refractivity contribution in [2.24, 2.45) is 12.5 Å². The van der Waals surface area contributed by atoms with E-state index in [1.807, 2.05) is 0 Å². The molecule has 1 saturated heterocycles. The SMILES string of the molecule is Cc1nn(C)cc1C(=O)NC1COCC1(C)C(=O)O. The number of ether oxygens (including phenoxy) is 1. The molecule has 0 aromatic carbocycles. The van der Waals surface area contributed by atoms with Crippen molar-refractivity contribution < 1.29 is 19.4 Å². The summed E-state index contributed by atoms with van der Waals surface area (Å²) >= 11 is 0. The number of nitrogens with one attached hydrogen (secondary N) is 1. The lowest BCUT2D eigenvalue weighted by atomic mass is 9.85. The van der Waals surface area contributed by atoms with Gasteiger partial charge >= 0.3 is 5.97 Å². The average Bonchev–Trinajstić information content (AvgIpc) is 2.84. The van der Waals surface area contributed by atoms with Crippen LogP contribution in [0.2, 0.25) is 0 Å². The molecule has 2 unspecified atom stereocenters. The van der Waals surface area contributed by atoms with E-state index in [0.29, 0.717) is 11.3 Å². The minimum Gasteiger partial charge on any atom is -0.481 e. The molecular formula is C12H17N3O4. The Balaban J connectivity index is 2.15. The summed E-state index contributed by atoms with van der Waals surface area (Å²) in [5.74, 6) is -1.30. The second-order valence-electron chi connectivity index (χ2n) is 5.07. The molecule has 1 fully saturated rings. The lowest BCUT2D eigenvalue weighted by molar-refractivity contribution is -0.148. The van der Waals surface area contributed by atoms with E-state index >= 15 is 0 Å². The molecule has 19 heavy (non-hydrogen) atoms. The van der Waals surface area contributed by atoms with Crippen LogP contribution in [0.25, 0.3) is 0 Å². The third-order valence-electron chi connectivity index (χ3n) is 3.51. The molecule has 1 aliphatic rings. The van der Waals surface area contributed by atoms with Gasteiger partial charge in [-0.2, -0.15) is 5.10 Å². The van der Waals surface area contributed by atoms with Crippen molar-refractivity contribution in [3.63, 3.8) is 0 Å². The largest absolute Gasteiger partial charge is 0.481 e. The molecule has 2 atom stereocenters. The van der Waals surface area contributed by atoms with E-state index in [2.05, 4.69) is 10.4 Å². The van der Waals surface area contributed by atoms with Gasteiger partial charge in [0.1, 0.15) is 5.41 Å². The first-order valence-corrected chi connectivity index (χ1v) is 5.97. The molecule has 7 nitrogen and oxygen atoms in total. The Morgan fingerprint density at radius 1 is 1.63 bits per heavy atom. The molecule has 0 saturated carbocycles. The highest BCUT2D eigenvalue weighted by atomic mass is 16.5. The Morgan fingerprint density at radius 2 is 2.32 bits per heavy atom. The van der Waals surface area contributed by atoms with Gasteiger partial charge in [0.05, 0.1) is 30.5 Å². The van der Waals surface area contributed by atoms with Crippen LogP contribution in [0.3, 0.4) is 0 Å². The summed E-state index contributed by atoms with van der Waals surface area (Å²) in [6, 6.07) is -0.544. The van der Waals surface area contributed by atoms with Crippen molar-refractivity contribution in [3.8, 4) is 0 Å². The van der Waals surface area contributed by atoms with Crippen molar-refractivity contribution in [2.75, 3.05) is 13.2 Å². The van der Waals surface area contributed by atoms with Gasteiger partial charge in [-0.05, 0) is 13.8 Å². The van der Waals surface area contributed by atoms with Gasteiger partial charge in [0, 0.05) is 13.2 Å². The lowest BCUT2D eigenvalue weighted by Crippen LogP contribution is -2.49. The van der Waals surface area contributed by atoms with Gasteiger partial charge in [-0.1, -0.05) is 0 Å². The molecular weight excluding hydrogens is 250 g/mol. The van der Waals surface area contributed by atoms with Gasteiger partial charge in [-0.25, -0.2) is 0 Å². The van der Waals surface area contributed by atoms with Gasteiger partial charge in [-0.15, -0.1) is 0 Å².